The molecule has 0 spiro atoms. The summed E-state index contributed by atoms with van der Waals surface area (Å²) in [5, 5.41) is 2.68. The van der Waals surface area contributed by atoms with Crippen molar-refractivity contribution in [3.8, 4) is 0 Å². The van der Waals surface area contributed by atoms with E-state index in [-0.39, 0.29) is 0 Å². The second-order valence-corrected chi connectivity index (χ2v) is 6.85. The maximum absolute atomic E-state index is 12.1. The van der Waals surface area contributed by atoms with Gasteiger partial charge >= 0.3 is 11.9 Å². The molecule has 1 aromatic carbocycles. The van der Waals surface area contributed by atoms with Crippen LogP contribution in [0.2, 0.25) is 0 Å². The van der Waals surface area contributed by atoms with Gasteiger partial charge in [-0.1, -0.05) is 18.2 Å². The molecule has 23 heavy (non-hydrogen) atoms. The monoisotopic (exact) mass is 429 g/mol. The predicted octanol–water partition coefficient (Wildman–Crippen LogP) is 2.63. The van der Waals surface area contributed by atoms with Crippen molar-refractivity contribution in [1.29, 1.82) is 0 Å². The normalized spacial score (nSPS) is 19.1. The van der Waals surface area contributed by atoms with E-state index in [1.165, 1.54) is 26.8 Å². The largest absolute Gasteiger partial charge is 0.422 e. The molecule has 1 aromatic rings. The summed E-state index contributed by atoms with van der Waals surface area (Å²) in [5.41, 5.74) is -1.00. The number of anilines is 1. The van der Waals surface area contributed by atoms with Crippen LogP contribution in [-0.4, -0.2) is 23.6 Å². The molecule has 0 atom stereocenters. The summed E-state index contributed by atoms with van der Waals surface area (Å²) in [6.07, 6.45) is 2.32. The van der Waals surface area contributed by atoms with Gasteiger partial charge in [0.1, 0.15) is 0 Å². The van der Waals surface area contributed by atoms with Gasteiger partial charge in [-0.2, -0.15) is 0 Å². The second kappa shape index (κ2) is 6.31. The summed E-state index contributed by atoms with van der Waals surface area (Å²) >= 11 is 2.09. The fourth-order valence-corrected chi connectivity index (χ4v) is 2.40. The number of carbonyl (C=O) groups excluding carboxylic acids is 3. The lowest BCUT2D eigenvalue weighted by atomic mass is 9.89. The van der Waals surface area contributed by atoms with Crippen molar-refractivity contribution in [3.05, 3.63) is 40.0 Å². The first kappa shape index (κ1) is 17.5. The summed E-state index contributed by atoms with van der Waals surface area (Å²) in [5.74, 6) is -3.26. The lowest BCUT2D eigenvalue weighted by molar-refractivity contribution is -0.245. The van der Waals surface area contributed by atoms with Crippen LogP contribution in [0.25, 0.3) is 0 Å². The van der Waals surface area contributed by atoms with E-state index in [9.17, 15) is 14.4 Å². The first-order chi connectivity index (χ1) is 10.6. The molecule has 0 aromatic heterocycles. The maximum atomic E-state index is 12.1. The van der Waals surface area contributed by atoms with Crippen LogP contribution in [0.3, 0.4) is 0 Å². The van der Waals surface area contributed by atoms with E-state index >= 15 is 0 Å². The van der Waals surface area contributed by atoms with Gasteiger partial charge in [0.05, 0.1) is 5.69 Å². The second-order valence-electron chi connectivity index (χ2n) is 5.68. The van der Waals surface area contributed by atoms with Crippen LogP contribution >= 0.6 is 22.6 Å². The molecule has 1 aliphatic heterocycles. The van der Waals surface area contributed by atoms with Crippen LogP contribution in [0.5, 0.6) is 0 Å². The van der Waals surface area contributed by atoms with Crippen LogP contribution in [0.1, 0.15) is 20.8 Å². The molecule has 0 radical (unpaired) electrons. The topological polar surface area (TPSA) is 81.7 Å². The third-order valence-corrected chi connectivity index (χ3v) is 4.17. The number of para-hydroxylation sites is 1. The Morgan fingerprint density at radius 3 is 2.26 bits per heavy atom. The molecule has 122 valence electrons. The van der Waals surface area contributed by atoms with Crippen molar-refractivity contribution in [2.45, 2.75) is 26.6 Å². The molecule has 0 bridgehead atoms. The third-order valence-electron chi connectivity index (χ3n) is 3.22. The number of amides is 1. The van der Waals surface area contributed by atoms with E-state index in [0.29, 0.717) is 5.69 Å². The molecule has 7 heteroatoms. The van der Waals surface area contributed by atoms with E-state index in [2.05, 4.69) is 27.9 Å². The van der Waals surface area contributed by atoms with Crippen molar-refractivity contribution in [2.24, 2.45) is 5.41 Å². The quantitative estimate of drug-likeness (QED) is 0.346. The number of hydrogen-bond donors (Lipinski definition) is 1. The zero-order valence-corrected chi connectivity index (χ0v) is 15.0. The van der Waals surface area contributed by atoms with Gasteiger partial charge in [-0.05, 0) is 41.6 Å². The third kappa shape index (κ3) is 3.90. The van der Waals surface area contributed by atoms with Gasteiger partial charge in [-0.25, -0.2) is 0 Å². The number of halogens is 1. The molecular formula is C16H16INO5. The van der Waals surface area contributed by atoms with Gasteiger partial charge in [-0.3, -0.25) is 14.4 Å². The highest BCUT2D eigenvalue weighted by molar-refractivity contribution is 14.1. The van der Waals surface area contributed by atoms with Crippen molar-refractivity contribution in [1.82, 2.24) is 0 Å². The smallest absolute Gasteiger partial charge is 0.330 e. The maximum Gasteiger partial charge on any atom is 0.330 e. The Morgan fingerprint density at radius 2 is 1.70 bits per heavy atom. The lowest BCUT2D eigenvalue weighted by Crippen LogP contribution is -2.51. The Balaban J connectivity index is 2.12. The van der Waals surface area contributed by atoms with E-state index in [1.807, 2.05) is 12.1 Å². The minimum absolute atomic E-state index is 0.458. The summed E-state index contributed by atoms with van der Waals surface area (Å²) < 4.78 is 11.0. The van der Waals surface area contributed by atoms with Crippen molar-refractivity contribution < 1.29 is 23.9 Å². The van der Waals surface area contributed by atoms with Gasteiger partial charge in [0.15, 0.2) is 5.41 Å². The van der Waals surface area contributed by atoms with Crippen molar-refractivity contribution in [2.75, 3.05) is 5.32 Å². The van der Waals surface area contributed by atoms with E-state index < -0.39 is 29.0 Å². The number of hydrogen-bond acceptors (Lipinski definition) is 5. The van der Waals surface area contributed by atoms with Crippen molar-refractivity contribution in [3.63, 3.8) is 0 Å². The lowest BCUT2D eigenvalue weighted by Gasteiger charge is -2.36. The summed E-state index contributed by atoms with van der Waals surface area (Å²) in [4.78, 5) is 36.1. The molecule has 2 rings (SSSR count). The summed E-state index contributed by atoms with van der Waals surface area (Å²) in [6, 6.07) is 7.24. The number of benzene rings is 1. The molecule has 1 saturated heterocycles. The molecular weight excluding hydrogens is 413 g/mol. The predicted molar refractivity (Wildman–Crippen MR) is 91.3 cm³/mol. The molecule has 6 nitrogen and oxygen atoms in total. The minimum atomic E-state index is -1.64. The highest BCUT2D eigenvalue weighted by Gasteiger charge is 2.51. The number of nitrogens with one attached hydrogen (secondary N) is 1. The molecule has 0 unspecified atom stereocenters. The molecule has 0 saturated carbocycles. The average molecular weight is 429 g/mol. The number of esters is 2. The van der Waals surface area contributed by atoms with Crippen LogP contribution < -0.4 is 5.32 Å². The van der Waals surface area contributed by atoms with Crippen LogP contribution in [-0.2, 0) is 23.9 Å². The number of carbonyl (C=O) groups is 3. The standard InChI is InChI=1S/C16H16INO5/c1-15(2)22-13(20)16(3,14(21)23-15)9-8-12(19)18-11-7-5-4-6-10(11)17/h4-9H,1-3H3,(H,18,19)/b9-8+. The Kier molecular flexibility index (Phi) is 4.79. The number of cyclic esters (lactones) is 2. The van der Waals surface area contributed by atoms with E-state index in [4.69, 9.17) is 9.47 Å². The summed E-state index contributed by atoms with van der Waals surface area (Å²) in [6.45, 7) is 4.29. The highest BCUT2D eigenvalue weighted by Crippen LogP contribution is 2.33. The van der Waals surface area contributed by atoms with Gasteiger partial charge in [-0.15, -0.1) is 0 Å². The first-order valence-electron chi connectivity index (χ1n) is 6.86. The van der Waals surface area contributed by atoms with Crippen molar-refractivity contribution >= 4 is 46.1 Å². The van der Waals surface area contributed by atoms with Gasteiger partial charge in [0.2, 0.25) is 5.91 Å². The Bertz CT molecular complexity index is 675. The first-order valence-corrected chi connectivity index (χ1v) is 7.93. The molecule has 0 aliphatic carbocycles. The van der Waals surface area contributed by atoms with Gasteiger partial charge in [0, 0.05) is 23.5 Å². The molecule has 1 aliphatic rings. The van der Waals surface area contributed by atoms with Crippen LogP contribution in [0, 0.1) is 8.99 Å². The number of ether oxygens (including phenoxy) is 2. The fourth-order valence-electron chi connectivity index (χ4n) is 1.88. The Hall–Kier alpha value is -1.90. The minimum Gasteiger partial charge on any atom is -0.422 e. The van der Waals surface area contributed by atoms with E-state index in [1.54, 1.807) is 12.1 Å². The molecule has 1 amide bonds. The van der Waals surface area contributed by atoms with Crippen LogP contribution in [0.15, 0.2) is 36.4 Å². The summed E-state index contributed by atoms with van der Waals surface area (Å²) in [7, 11) is 0. The zero-order chi connectivity index (χ0) is 17.3. The highest BCUT2D eigenvalue weighted by atomic mass is 127. The number of rotatable bonds is 3. The van der Waals surface area contributed by atoms with E-state index in [0.717, 1.165) is 9.65 Å². The Morgan fingerprint density at radius 1 is 1.13 bits per heavy atom. The van der Waals surface area contributed by atoms with Gasteiger partial charge < -0.3 is 14.8 Å². The molecule has 1 heterocycles. The SMILES string of the molecule is CC1(C)OC(=O)C(C)(/C=C/C(=O)Nc2ccccc2I)C(=O)O1. The van der Waals surface area contributed by atoms with Crippen LogP contribution in [0.4, 0.5) is 5.69 Å². The fraction of sp³-hybridized carbons (Fsp3) is 0.312. The Labute approximate surface area is 147 Å². The average Bonchev–Trinajstić information content (AvgIpc) is 2.44. The molecule has 1 fully saturated rings. The zero-order valence-electron chi connectivity index (χ0n) is 12.9. The molecule has 1 N–H and O–H groups in total. The van der Waals surface area contributed by atoms with Gasteiger partial charge in [0.25, 0.3) is 5.79 Å².